The third-order valence-corrected chi connectivity index (χ3v) is 5.39. The summed E-state index contributed by atoms with van der Waals surface area (Å²) < 4.78 is 31.9. The minimum atomic E-state index is -3.51. The first kappa shape index (κ1) is 15.8. The van der Waals surface area contributed by atoms with Gasteiger partial charge in [-0.2, -0.15) is 16.1 Å². The lowest BCUT2D eigenvalue weighted by Crippen LogP contribution is -2.29. The van der Waals surface area contributed by atoms with Gasteiger partial charge in [0.25, 0.3) is 0 Å². The Labute approximate surface area is 121 Å². The monoisotopic (exact) mass is 353 g/mol. The summed E-state index contributed by atoms with van der Waals surface area (Å²) in [6.07, 6.45) is 1.94. The van der Waals surface area contributed by atoms with Gasteiger partial charge in [-0.15, -0.1) is 0 Å². The van der Waals surface area contributed by atoms with Crippen LogP contribution < -0.4 is 4.74 Å². The number of hydrogen-bond donors (Lipinski definition) is 0. The molecule has 1 rings (SSSR count). The van der Waals surface area contributed by atoms with Gasteiger partial charge in [0.05, 0.1) is 7.11 Å². The van der Waals surface area contributed by atoms with Crippen molar-refractivity contribution >= 4 is 37.7 Å². The molecule has 0 atom stereocenters. The minimum absolute atomic E-state index is 0.183. The summed E-state index contributed by atoms with van der Waals surface area (Å²) in [7, 11) is -0.474. The molecule has 0 unspecified atom stereocenters. The smallest absolute Gasteiger partial charge is 0.246 e. The fourth-order valence-electron chi connectivity index (χ4n) is 1.36. The van der Waals surface area contributed by atoms with Crippen LogP contribution in [0, 0.1) is 0 Å². The van der Waals surface area contributed by atoms with E-state index in [1.807, 2.05) is 6.26 Å². The van der Waals surface area contributed by atoms with Crippen molar-refractivity contribution in [2.24, 2.45) is 0 Å². The molecule has 0 aliphatic heterocycles. The Morgan fingerprint density at radius 2 is 2.11 bits per heavy atom. The Kier molecular flexibility index (Phi) is 5.97. The van der Waals surface area contributed by atoms with Crippen LogP contribution in [0.2, 0.25) is 0 Å². The highest BCUT2D eigenvalue weighted by atomic mass is 79.9. The van der Waals surface area contributed by atoms with Gasteiger partial charge in [-0.05, 0) is 24.5 Å². The van der Waals surface area contributed by atoms with Crippen LogP contribution in [-0.2, 0) is 10.0 Å². The van der Waals surface area contributed by atoms with Gasteiger partial charge in [-0.3, -0.25) is 0 Å². The van der Waals surface area contributed by atoms with Gasteiger partial charge in [0.2, 0.25) is 10.0 Å². The molecule has 4 nitrogen and oxygen atoms in total. The number of methoxy groups -OCH3 is 1. The first-order valence-electron chi connectivity index (χ1n) is 5.22. The fraction of sp³-hybridized carbons (Fsp3) is 0.455. The summed E-state index contributed by atoms with van der Waals surface area (Å²) in [5.74, 6) is 1.11. The van der Waals surface area contributed by atoms with Gasteiger partial charge >= 0.3 is 0 Å². The molecule has 0 saturated heterocycles. The summed E-state index contributed by atoms with van der Waals surface area (Å²) >= 11 is 4.88. The van der Waals surface area contributed by atoms with Gasteiger partial charge < -0.3 is 4.74 Å². The van der Waals surface area contributed by atoms with E-state index in [4.69, 9.17) is 4.74 Å². The molecule has 0 fully saturated rings. The van der Waals surface area contributed by atoms with E-state index < -0.39 is 10.0 Å². The van der Waals surface area contributed by atoms with Crippen molar-refractivity contribution in [2.45, 2.75) is 4.90 Å². The van der Waals surface area contributed by atoms with E-state index in [0.717, 1.165) is 5.75 Å². The number of hydrogen-bond acceptors (Lipinski definition) is 4. The Bertz CT molecular complexity index is 505. The van der Waals surface area contributed by atoms with Crippen LogP contribution in [0.25, 0.3) is 0 Å². The summed E-state index contributed by atoms with van der Waals surface area (Å²) in [5, 5.41) is 0. The molecule has 18 heavy (non-hydrogen) atoms. The van der Waals surface area contributed by atoms with Crippen molar-refractivity contribution < 1.29 is 13.2 Å². The largest absolute Gasteiger partial charge is 0.495 e. The van der Waals surface area contributed by atoms with Crippen molar-refractivity contribution in [1.29, 1.82) is 0 Å². The molecule has 7 heteroatoms. The molecule has 0 radical (unpaired) electrons. The predicted molar refractivity (Wildman–Crippen MR) is 78.9 cm³/mol. The lowest BCUT2D eigenvalue weighted by molar-refractivity contribution is 0.399. The Morgan fingerprint density at radius 1 is 1.44 bits per heavy atom. The summed E-state index contributed by atoms with van der Waals surface area (Å²) in [4.78, 5) is 0.183. The van der Waals surface area contributed by atoms with Crippen LogP contribution >= 0.6 is 27.7 Å². The number of benzene rings is 1. The number of thioether (sulfide) groups is 1. The van der Waals surface area contributed by atoms with Crippen LogP contribution in [0.1, 0.15) is 0 Å². The fourth-order valence-corrected chi connectivity index (χ4v) is 3.79. The second-order valence-corrected chi connectivity index (χ2v) is 7.53. The molecule has 1 aromatic rings. The maximum Gasteiger partial charge on any atom is 0.246 e. The van der Waals surface area contributed by atoms with Crippen LogP contribution in [0.15, 0.2) is 27.6 Å². The van der Waals surface area contributed by atoms with Crippen molar-refractivity contribution in [3.8, 4) is 5.75 Å². The van der Waals surface area contributed by atoms with E-state index in [2.05, 4.69) is 15.9 Å². The highest BCUT2D eigenvalue weighted by Crippen LogP contribution is 2.29. The van der Waals surface area contributed by atoms with E-state index in [1.54, 1.807) is 37.0 Å². The quantitative estimate of drug-likeness (QED) is 0.787. The SMILES string of the molecule is COc1ccc(Br)cc1S(=O)(=O)N(C)CCSC. The summed E-state index contributed by atoms with van der Waals surface area (Å²) in [6.45, 7) is 0.471. The van der Waals surface area contributed by atoms with Crippen molar-refractivity contribution in [1.82, 2.24) is 4.31 Å². The maximum absolute atomic E-state index is 12.4. The zero-order valence-electron chi connectivity index (χ0n) is 10.5. The first-order valence-corrected chi connectivity index (χ1v) is 8.85. The molecule has 0 aromatic heterocycles. The zero-order valence-corrected chi connectivity index (χ0v) is 13.7. The molecule has 0 bridgehead atoms. The molecule has 0 amide bonds. The van der Waals surface area contributed by atoms with Gasteiger partial charge in [0.1, 0.15) is 10.6 Å². The molecule has 0 saturated carbocycles. The topological polar surface area (TPSA) is 46.6 Å². The Balaban J connectivity index is 3.14. The molecular formula is C11H16BrNO3S2. The Morgan fingerprint density at radius 3 is 2.67 bits per heavy atom. The number of ether oxygens (including phenoxy) is 1. The number of sulfonamides is 1. The zero-order chi connectivity index (χ0) is 13.8. The van der Waals surface area contributed by atoms with Gasteiger partial charge in [-0.1, -0.05) is 15.9 Å². The van der Waals surface area contributed by atoms with Gasteiger partial charge in [0, 0.05) is 23.8 Å². The Hall–Kier alpha value is -0.240. The van der Waals surface area contributed by atoms with Crippen molar-refractivity contribution in [3.05, 3.63) is 22.7 Å². The third-order valence-electron chi connectivity index (χ3n) is 2.42. The second-order valence-electron chi connectivity index (χ2n) is 3.61. The van der Waals surface area contributed by atoms with E-state index in [0.29, 0.717) is 16.8 Å². The van der Waals surface area contributed by atoms with Crippen LogP contribution in [0.5, 0.6) is 5.75 Å². The van der Waals surface area contributed by atoms with Gasteiger partial charge in [-0.25, -0.2) is 8.42 Å². The lowest BCUT2D eigenvalue weighted by Gasteiger charge is -2.18. The van der Waals surface area contributed by atoms with E-state index in [9.17, 15) is 8.42 Å². The maximum atomic E-state index is 12.4. The molecular weight excluding hydrogens is 338 g/mol. The molecule has 102 valence electrons. The van der Waals surface area contributed by atoms with Crippen molar-refractivity contribution in [2.75, 3.05) is 32.7 Å². The summed E-state index contributed by atoms with van der Waals surface area (Å²) in [6, 6.07) is 4.95. The van der Waals surface area contributed by atoms with Crippen LogP contribution in [0.3, 0.4) is 0 Å². The van der Waals surface area contributed by atoms with Gasteiger partial charge in [0.15, 0.2) is 0 Å². The highest BCUT2D eigenvalue weighted by molar-refractivity contribution is 9.10. The standard InChI is InChI=1S/C11H16BrNO3S2/c1-13(6-7-17-3)18(14,15)11-8-9(12)4-5-10(11)16-2/h4-5,8H,6-7H2,1-3H3. The first-order chi connectivity index (χ1) is 8.43. The average molecular weight is 354 g/mol. The number of nitrogens with zero attached hydrogens (tertiary/aromatic N) is 1. The van der Waals surface area contributed by atoms with Crippen LogP contribution in [-0.4, -0.2) is 45.4 Å². The highest BCUT2D eigenvalue weighted by Gasteiger charge is 2.24. The lowest BCUT2D eigenvalue weighted by atomic mass is 10.3. The molecule has 0 aliphatic carbocycles. The molecule has 1 aromatic carbocycles. The van der Waals surface area contributed by atoms with E-state index >= 15 is 0 Å². The molecule has 0 heterocycles. The third kappa shape index (κ3) is 3.63. The minimum Gasteiger partial charge on any atom is -0.495 e. The average Bonchev–Trinajstić information content (AvgIpc) is 2.35. The number of halogens is 1. The van der Waals surface area contributed by atoms with E-state index in [1.165, 1.54) is 11.4 Å². The van der Waals surface area contributed by atoms with Crippen molar-refractivity contribution in [3.63, 3.8) is 0 Å². The number of rotatable bonds is 6. The molecule has 0 aliphatic rings. The second kappa shape index (κ2) is 6.79. The van der Waals surface area contributed by atoms with Crippen LogP contribution in [0.4, 0.5) is 0 Å². The van der Waals surface area contributed by atoms with E-state index in [-0.39, 0.29) is 4.90 Å². The normalized spacial score (nSPS) is 11.8. The predicted octanol–water partition coefficient (Wildman–Crippen LogP) is 2.44. The summed E-state index contributed by atoms with van der Waals surface area (Å²) in [5.41, 5.74) is 0. The molecule has 0 spiro atoms. The molecule has 0 N–H and O–H groups in total.